The Kier molecular flexibility index (Phi) is 2.99. The third-order valence-corrected chi connectivity index (χ3v) is 2.76. The number of methoxy groups -OCH3 is 1. The van der Waals surface area contributed by atoms with Crippen LogP contribution < -0.4 is 10.1 Å². The predicted molar refractivity (Wildman–Crippen MR) is 61.5 cm³/mol. The molecule has 1 atom stereocenters. The minimum absolute atomic E-state index is 0.102. The van der Waals surface area contributed by atoms with Gasteiger partial charge in [-0.1, -0.05) is 12.1 Å². The van der Waals surface area contributed by atoms with Gasteiger partial charge < -0.3 is 15.0 Å². The summed E-state index contributed by atoms with van der Waals surface area (Å²) in [6.45, 7) is 0.117. The Morgan fingerprint density at radius 1 is 1.29 bits per heavy atom. The number of nitrogens with one attached hydrogen (secondary N) is 1. The van der Waals surface area contributed by atoms with Crippen molar-refractivity contribution in [3.8, 4) is 5.75 Å². The Morgan fingerprint density at radius 2 is 1.94 bits per heavy atom. The number of hydrogen-bond donors (Lipinski definition) is 1. The summed E-state index contributed by atoms with van der Waals surface area (Å²) in [5.74, 6) is 0.472. The van der Waals surface area contributed by atoms with Gasteiger partial charge in [-0.2, -0.15) is 0 Å². The van der Waals surface area contributed by atoms with E-state index in [0.717, 1.165) is 11.3 Å². The molecule has 1 saturated heterocycles. The van der Waals surface area contributed by atoms with Crippen molar-refractivity contribution >= 4 is 11.8 Å². The molecule has 90 valence electrons. The molecule has 1 aliphatic heterocycles. The molecule has 0 radical (unpaired) electrons. The molecule has 0 bridgehead atoms. The number of rotatable bonds is 2. The van der Waals surface area contributed by atoms with Crippen LogP contribution in [0, 0.1) is 0 Å². The molecule has 2 rings (SSSR count). The van der Waals surface area contributed by atoms with Gasteiger partial charge in [-0.05, 0) is 17.7 Å². The number of hydrogen-bond acceptors (Lipinski definition) is 3. The Bertz CT molecular complexity index is 442. The molecule has 1 unspecified atom stereocenters. The number of nitrogens with zero attached hydrogens (tertiary/aromatic N) is 1. The maximum Gasteiger partial charge on any atom is 0.250 e. The van der Waals surface area contributed by atoms with Gasteiger partial charge >= 0.3 is 0 Å². The molecule has 0 saturated carbocycles. The van der Waals surface area contributed by atoms with Crippen LogP contribution in [0.2, 0.25) is 0 Å². The van der Waals surface area contributed by atoms with Gasteiger partial charge in [0.1, 0.15) is 11.8 Å². The highest BCUT2D eigenvalue weighted by atomic mass is 16.5. The second kappa shape index (κ2) is 4.45. The van der Waals surface area contributed by atoms with Gasteiger partial charge in [0, 0.05) is 7.05 Å². The molecule has 1 aromatic carbocycles. The molecule has 0 aromatic heterocycles. The molecule has 1 aliphatic rings. The SMILES string of the molecule is COc1ccc(C2NC(=O)CN(C)C2=O)cc1. The van der Waals surface area contributed by atoms with Gasteiger partial charge in [0.15, 0.2) is 0 Å². The molecule has 0 spiro atoms. The van der Waals surface area contributed by atoms with E-state index in [-0.39, 0.29) is 18.4 Å². The van der Waals surface area contributed by atoms with E-state index in [9.17, 15) is 9.59 Å². The fourth-order valence-electron chi connectivity index (χ4n) is 1.80. The monoisotopic (exact) mass is 234 g/mol. The van der Waals surface area contributed by atoms with Crippen molar-refractivity contribution < 1.29 is 14.3 Å². The molecule has 1 fully saturated rings. The van der Waals surface area contributed by atoms with E-state index in [1.165, 1.54) is 4.90 Å². The van der Waals surface area contributed by atoms with Crippen LogP contribution in [0.5, 0.6) is 5.75 Å². The maximum atomic E-state index is 11.9. The topological polar surface area (TPSA) is 58.6 Å². The Hall–Kier alpha value is -2.04. The van der Waals surface area contributed by atoms with E-state index in [1.54, 1.807) is 38.4 Å². The highest BCUT2D eigenvalue weighted by Gasteiger charge is 2.31. The summed E-state index contributed by atoms with van der Waals surface area (Å²) in [5.41, 5.74) is 0.760. The van der Waals surface area contributed by atoms with Crippen LogP contribution >= 0.6 is 0 Å². The summed E-state index contributed by atoms with van der Waals surface area (Å²) in [4.78, 5) is 24.7. The van der Waals surface area contributed by atoms with Gasteiger partial charge in [0.05, 0.1) is 13.7 Å². The fourth-order valence-corrected chi connectivity index (χ4v) is 1.80. The average molecular weight is 234 g/mol. The first kappa shape index (κ1) is 11.4. The van der Waals surface area contributed by atoms with Crippen LogP contribution in [0.4, 0.5) is 0 Å². The molecule has 5 nitrogen and oxygen atoms in total. The summed E-state index contributed by atoms with van der Waals surface area (Å²) >= 11 is 0. The van der Waals surface area contributed by atoms with Gasteiger partial charge in [-0.15, -0.1) is 0 Å². The highest BCUT2D eigenvalue weighted by Crippen LogP contribution is 2.21. The molecule has 0 aliphatic carbocycles. The van der Waals surface area contributed by atoms with Crippen molar-refractivity contribution in [1.29, 1.82) is 0 Å². The minimum atomic E-state index is -0.591. The normalized spacial score (nSPS) is 20.1. The zero-order valence-electron chi connectivity index (χ0n) is 9.77. The van der Waals surface area contributed by atoms with Crippen molar-refractivity contribution in [2.24, 2.45) is 0 Å². The number of carbonyl (C=O) groups excluding carboxylic acids is 2. The first-order valence-electron chi connectivity index (χ1n) is 5.30. The third-order valence-electron chi connectivity index (χ3n) is 2.76. The Balaban J connectivity index is 2.25. The first-order chi connectivity index (χ1) is 8.11. The molecule has 1 N–H and O–H groups in total. The summed E-state index contributed by atoms with van der Waals surface area (Å²) in [7, 11) is 3.20. The standard InChI is InChI=1S/C12H14N2O3/c1-14-7-10(15)13-11(12(14)16)8-3-5-9(17-2)6-4-8/h3-6,11H,7H2,1-2H3,(H,13,15). The zero-order valence-corrected chi connectivity index (χ0v) is 9.77. The minimum Gasteiger partial charge on any atom is -0.497 e. The lowest BCUT2D eigenvalue weighted by Crippen LogP contribution is -2.51. The van der Waals surface area contributed by atoms with Crippen LogP contribution in [0.1, 0.15) is 11.6 Å². The maximum absolute atomic E-state index is 11.9. The smallest absolute Gasteiger partial charge is 0.250 e. The largest absolute Gasteiger partial charge is 0.497 e. The predicted octanol–water partition coefficient (Wildman–Crippen LogP) is 0.324. The molecular weight excluding hydrogens is 220 g/mol. The van der Waals surface area contributed by atoms with E-state index >= 15 is 0 Å². The van der Waals surface area contributed by atoms with Gasteiger partial charge in [-0.25, -0.2) is 0 Å². The van der Waals surface area contributed by atoms with Gasteiger partial charge in [0.25, 0.3) is 0 Å². The lowest BCUT2D eigenvalue weighted by atomic mass is 10.0. The number of piperazine rings is 1. The Labute approximate surface area is 99.4 Å². The third kappa shape index (κ3) is 2.22. The van der Waals surface area contributed by atoms with Crippen molar-refractivity contribution in [3.63, 3.8) is 0 Å². The van der Waals surface area contributed by atoms with E-state index in [2.05, 4.69) is 5.32 Å². The molecule has 17 heavy (non-hydrogen) atoms. The van der Waals surface area contributed by atoms with Crippen LogP contribution in [-0.4, -0.2) is 37.4 Å². The number of likely N-dealkylation sites (N-methyl/N-ethyl adjacent to an activating group) is 1. The molecule has 1 aromatic rings. The van der Waals surface area contributed by atoms with Gasteiger partial charge in [-0.3, -0.25) is 9.59 Å². The summed E-state index contributed by atoms with van der Waals surface area (Å²) in [6, 6.07) is 6.50. The van der Waals surface area contributed by atoms with Crippen molar-refractivity contribution in [3.05, 3.63) is 29.8 Å². The van der Waals surface area contributed by atoms with Crippen LogP contribution in [0.15, 0.2) is 24.3 Å². The average Bonchev–Trinajstić information content (AvgIpc) is 2.34. The summed E-state index contributed by atoms with van der Waals surface area (Å²) in [6.07, 6.45) is 0. The van der Waals surface area contributed by atoms with Crippen molar-refractivity contribution in [2.45, 2.75) is 6.04 Å². The van der Waals surface area contributed by atoms with E-state index in [1.807, 2.05) is 0 Å². The zero-order chi connectivity index (χ0) is 12.4. The fraction of sp³-hybridized carbons (Fsp3) is 0.333. The van der Waals surface area contributed by atoms with E-state index in [4.69, 9.17) is 4.74 Å². The molecule has 2 amide bonds. The van der Waals surface area contributed by atoms with Crippen LogP contribution in [-0.2, 0) is 9.59 Å². The lowest BCUT2D eigenvalue weighted by Gasteiger charge is -2.29. The van der Waals surface area contributed by atoms with Crippen molar-refractivity contribution in [1.82, 2.24) is 10.2 Å². The van der Waals surface area contributed by atoms with Gasteiger partial charge in [0.2, 0.25) is 11.8 Å². The van der Waals surface area contributed by atoms with E-state index in [0.29, 0.717) is 0 Å². The van der Waals surface area contributed by atoms with Crippen molar-refractivity contribution in [2.75, 3.05) is 20.7 Å². The molecule has 5 heteroatoms. The summed E-state index contributed by atoms with van der Waals surface area (Å²) in [5, 5.41) is 2.68. The second-order valence-electron chi connectivity index (χ2n) is 3.97. The summed E-state index contributed by atoms with van der Waals surface area (Å²) < 4.78 is 5.04. The quantitative estimate of drug-likeness (QED) is 0.802. The lowest BCUT2D eigenvalue weighted by molar-refractivity contribution is -0.143. The Morgan fingerprint density at radius 3 is 2.53 bits per heavy atom. The molecule has 1 heterocycles. The number of amides is 2. The van der Waals surface area contributed by atoms with Crippen LogP contribution in [0.25, 0.3) is 0 Å². The second-order valence-corrected chi connectivity index (χ2v) is 3.97. The molecular formula is C12H14N2O3. The number of carbonyl (C=O) groups is 2. The highest BCUT2D eigenvalue weighted by molar-refractivity contribution is 5.95. The number of ether oxygens (including phenoxy) is 1. The van der Waals surface area contributed by atoms with E-state index < -0.39 is 6.04 Å². The van der Waals surface area contributed by atoms with Crippen LogP contribution in [0.3, 0.4) is 0 Å². The number of benzene rings is 1. The first-order valence-corrected chi connectivity index (χ1v) is 5.30.